The second kappa shape index (κ2) is 8.02. The highest BCUT2D eigenvalue weighted by Gasteiger charge is 2.21. The Morgan fingerprint density at radius 2 is 1.93 bits per heavy atom. The second-order valence-corrected chi connectivity index (χ2v) is 9.23. The molecule has 0 radical (unpaired) electrons. The van der Waals surface area contributed by atoms with Crippen LogP contribution in [0.15, 0.2) is 48.0 Å². The Morgan fingerprint density at radius 1 is 1.14 bits per heavy atom. The topological polar surface area (TPSA) is 80.1 Å². The molecule has 154 valence electrons. The maximum absolute atomic E-state index is 12.9. The highest BCUT2D eigenvalue weighted by molar-refractivity contribution is 7.92. The molecule has 0 aliphatic carbocycles. The Hall–Kier alpha value is -2.61. The molecule has 1 unspecified atom stereocenters. The first-order valence-corrected chi connectivity index (χ1v) is 11.7. The fourth-order valence-corrected chi connectivity index (χ4v) is 4.76. The van der Waals surface area contributed by atoms with E-state index in [-0.39, 0.29) is 11.1 Å². The number of benzene rings is 1. The van der Waals surface area contributed by atoms with E-state index >= 15 is 0 Å². The van der Waals surface area contributed by atoms with Crippen LogP contribution >= 0.6 is 0 Å². The van der Waals surface area contributed by atoms with E-state index in [1.54, 1.807) is 18.7 Å². The van der Waals surface area contributed by atoms with Gasteiger partial charge in [0.2, 0.25) is 0 Å². The zero-order valence-corrected chi connectivity index (χ0v) is 17.7. The molecule has 1 atom stereocenters. The number of hydrogen-bond acceptors (Lipinski definition) is 5. The summed E-state index contributed by atoms with van der Waals surface area (Å²) in [4.78, 5) is 11.0. The molecule has 1 aliphatic rings. The maximum atomic E-state index is 12.9. The van der Waals surface area contributed by atoms with Gasteiger partial charge in [0.15, 0.2) is 5.03 Å². The molecule has 0 amide bonds. The van der Waals surface area contributed by atoms with Crippen LogP contribution < -0.4 is 9.62 Å². The van der Waals surface area contributed by atoms with Gasteiger partial charge in [0.25, 0.3) is 10.0 Å². The van der Waals surface area contributed by atoms with Crippen LogP contribution in [-0.4, -0.2) is 36.0 Å². The van der Waals surface area contributed by atoms with Crippen LogP contribution in [0.2, 0.25) is 0 Å². The zero-order chi connectivity index (χ0) is 20.4. The number of piperidine rings is 1. The number of sulfonamides is 1. The van der Waals surface area contributed by atoms with Crippen LogP contribution in [0.3, 0.4) is 0 Å². The van der Waals surface area contributed by atoms with Crippen molar-refractivity contribution in [2.24, 2.45) is 0 Å². The number of imidazole rings is 1. The first-order valence-electron chi connectivity index (χ1n) is 10.2. The van der Waals surface area contributed by atoms with E-state index in [1.807, 2.05) is 35.8 Å². The van der Waals surface area contributed by atoms with Crippen molar-refractivity contribution in [3.63, 3.8) is 0 Å². The van der Waals surface area contributed by atoms with Crippen LogP contribution in [0.5, 0.6) is 0 Å². The number of aromatic nitrogens is 3. The normalized spacial score (nSPS) is 16.1. The largest absolute Gasteiger partial charge is 0.370 e. The summed E-state index contributed by atoms with van der Waals surface area (Å²) in [6, 6.07) is 7.73. The lowest BCUT2D eigenvalue weighted by Gasteiger charge is -2.29. The van der Waals surface area contributed by atoms with Gasteiger partial charge in [-0.3, -0.25) is 9.71 Å². The maximum Gasteiger partial charge on any atom is 0.280 e. The van der Waals surface area contributed by atoms with E-state index < -0.39 is 10.0 Å². The predicted octanol–water partition coefficient (Wildman–Crippen LogP) is 4.19. The van der Waals surface area contributed by atoms with Crippen molar-refractivity contribution < 1.29 is 8.42 Å². The predicted molar refractivity (Wildman–Crippen MR) is 116 cm³/mol. The average Bonchev–Trinajstić information content (AvgIpc) is 3.25. The van der Waals surface area contributed by atoms with Crippen molar-refractivity contribution in [1.82, 2.24) is 14.5 Å². The average molecular weight is 414 g/mol. The molecule has 4 rings (SSSR count). The molecule has 1 fully saturated rings. The third-order valence-electron chi connectivity index (χ3n) is 5.64. The lowest BCUT2D eigenvalue weighted by molar-refractivity contribution is 0.529. The van der Waals surface area contributed by atoms with E-state index in [2.05, 4.69) is 26.5 Å². The van der Waals surface area contributed by atoms with Crippen molar-refractivity contribution in [1.29, 1.82) is 0 Å². The molecule has 1 saturated heterocycles. The lowest BCUT2D eigenvalue weighted by atomic mass is 10.1. The highest BCUT2D eigenvalue weighted by atomic mass is 32.2. The molecule has 1 aromatic carbocycles. The number of pyridine rings is 1. The first-order chi connectivity index (χ1) is 14.0. The Labute approximate surface area is 171 Å². The number of nitrogens with one attached hydrogen (secondary N) is 1. The van der Waals surface area contributed by atoms with Gasteiger partial charge in [0.05, 0.1) is 23.2 Å². The van der Waals surface area contributed by atoms with Gasteiger partial charge in [-0.2, -0.15) is 8.42 Å². The molecule has 2 aromatic heterocycles. The number of fused-ring (bicyclic) bond motifs is 1. The standard InChI is InChI=1S/C21H27N5O2S/c1-3-16(2)26-14-20(23-15-26)29(27,28)24-18-9-10-19(25-12-5-4-6-13-25)21-17(18)8-7-11-22-21/h7-11,14-16,24H,3-6,12-13H2,1-2H3. The van der Waals surface area contributed by atoms with Crippen LogP contribution in [0, 0.1) is 0 Å². The minimum atomic E-state index is -3.79. The summed E-state index contributed by atoms with van der Waals surface area (Å²) < 4.78 is 30.4. The summed E-state index contributed by atoms with van der Waals surface area (Å²) >= 11 is 0. The summed E-state index contributed by atoms with van der Waals surface area (Å²) in [7, 11) is -3.79. The molecule has 7 nitrogen and oxygen atoms in total. The smallest absolute Gasteiger partial charge is 0.280 e. The number of anilines is 2. The van der Waals surface area contributed by atoms with Crippen molar-refractivity contribution in [3.05, 3.63) is 43.0 Å². The van der Waals surface area contributed by atoms with Gasteiger partial charge in [-0.05, 0) is 56.9 Å². The highest BCUT2D eigenvalue weighted by Crippen LogP contribution is 2.33. The molecule has 8 heteroatoms. The molecular weight excluding hydrogens is 386 g/mol. The van der Waals surface area contributed by atoms with Crippen molar-refractivity contribution in [2.75, 3.05) is 22.7 Å². The summed E-state index contributed by atoms with van der Waals surface area (Å²) in [5, 5.41) is 0.815. The number of hydrogen-bond donors (Lipinski definition) is 1. The van der Waals surface area contributed by atoms with Crippen LogP contribution in [0.1, 0.15) is 45.6 Å². The summed E-state index contributed by atoms with van der Waals surface area (Å²) in [5.74, 6) is 0. The van der Waals surface area contributed by atoms with Gasteiger partial charge in [-0.15, -0.1) is 0 Å². The minimum absolute atomic E-state index is 0.0231. The van der Waals surface area contributed by atoms with E-state index in [1.165, 1.54) is 19.3 Å². The Bertz CT molecular complexity index is 1100. The Morgan fingerprint density at radius 3 is 2.69 bits per heavy atom. The first kappa shape index (κ1) is 19.7. The fourth-order valence-electron chi connectivity index (χ4n) is 3.74. The van der Waals surface area contributed by atoms with Gasteiger partial charge in [0.1, 0.15) is 0 Å². The van der Waals surface area contributed by atoms with E-state index in [0.717, 1.165) is 36.1 Å². The van der Waals surface area contributed by atoms with E-state index in [4.69, 9.17) is 0 Å². The van der Waals surface area contributed by atoms with Crippen LogP contribution in [-0.2, 0) is 10.0 Å². The summed E-state index contributed by atoms with van der Waals surface area (Å²) in [6.07, 6.45) is 9.40. The molecular formula is C21H27N5O2S. The molecule has 0 saturated carbocycles. The van der Waals surface area contributed by atoms with Crippen molar-refractivity contribution >= 4 is 32.3 Å². The van der Waals surface area contributed by atoms with Gasteiger partial charge in [-0.25, -0.2) is 4.98 Å². The molecule has 0 spiro atoms. The molecule has 29 heavy (non-hydrogen) atoms. The van der Waals surface area contributed by atoms with Crippen molar-refractivity contribution in [2.45, 2.75) is 50.6 Å². The summed E-state index contributed by atoms with van der Waals surface area (Å²) in [6.45, 7) is 6.09. The molecule has 1 aliphatic heterocycles. The van der Waals surface area contributed by atoms with Crippen LogP contribution in [0.4, 0.5) is 11.4 Å². The second-order valence-electron chi connectivity index (χ2n) is 7.60. The monoisotopic (exact) mass is 413 g/mol. The minimum Gasteiger partial charge on any atom is -0.370 e. The number of nitrogens with zero attached hydrogens (tertiary/aromatic N) is 4. The van der Waals surface area contributed by atoms with Crippen LogP contribution in [0.25, 0.3) is 10.9 Å². The molecule has 0 bridgehead atoms. The van der Waals surface area contributed by atoms with Gasteiger partial charge < -0.3 is 9.47 Å². The fraction of sp³-hybridized carbons (Fsp3) is 0.429. The van der Waals surface area contributed by atoms with Gasteiger partial charge >= 0.3 is 0 Å². The third-order valence-corrected chi connectivity index (χ3v) is 6.89. The Balaban J connectivity index is 1.68. The quantitative estimate of drug-likeness (QED) is 0.655. The SMILES string of the molecule is CCC(C)n1cnc(S(=O)(=O)Nc2ccc(N3CCCCC3)c3ncccc23)c1. The summed E-state index contributed by atoms with van der Waals surface area (Å²) in [5.41, 5.74) is 2.40. The number of rotatable bonds is 6. The lowest BCUT2D eigenvalue weighted by Crippen LogP contribution is -2.29. The van der Waals surface area contributed by atoms with E-state index in [0.29, 0.717) is 5.69 Å². The molecule has 3 aromatic rings. The van der Waals surface area contributed by atoms with Gasteiger partial charge in [-0.1, -0.05) is 6.92 Å². The molecule has 1 N–H and O–H groups in total. The van der Waals surface area contributed by atoms with Gasteiger partial charge in [0, 0.05) is 36.9 Å². The third kappa shape index (κ3) is 3.94. The Kier molecular flexibility index (Phi) is 5.45. The molecule has 3 heterocycles. The van der Waals surface area contributed by atoms with Crippen molar-refractivity contribution in [3.8, 4) is 0 Å². The zero-order valence-electron chi connectivity index (χ0n) is 16.9. The van der Waals surface area contributed by atoms with E-state index in [9.17, 15) is 8.42 Å².